The van der Waals surface area contributed by atoms with Crippen molar-refractivity contribution in [3.8, 4) is 5.75 Å². The van der Waals surface area contributed by atoms with Crippen molar-refractivity contribution in [3.63, 3.8) is 0 Å². The van der Waals surface area contributed by atoms with Crippen LogP contribution in [0.5, 0.6) is 5.75 Å². The molecule has 0 saturated carbocycles. The van der Waals surface area contributed by atoms with Gasteiger partial charge in [-0.1, -0.05) is 18.2 Å². The first kappa shape index (κ1) is 17.9. The summed E-state index contributed by atoms with van der Waals surface area (Å²) in [5, 5.41) is 13.7. The van der Waals surface area contributed by atoms with Crippen LogP contribution in [0.25, 0.3) is 0 Å². The number of nitrogens with zero attached hydrogens (tertiary/aromatic N) is 1. The van der Waals surface area contributed by atoms with E-state index in [-0.39, 0.29) is 11.6 Å². The molecule has 0 saturated heterocycles. The number of fused-ring (bicyclic) bond motifs is 1. The normalized spacial score (nSPS) is 14.2. The molecule has 136 valence electrons. The van der Waals surface area contributed by atoms with Crippen molar-refractivity contribution in [1.29, 1.82) is 0 Å². The number of hydrogen-bond donors (Lipinski definition) is 1. The van der Waals surface area contributed by atoms with E-state index in [2.05, 4.69) is 11.4 Å². The molecule has 0 bridgehead atoms. The number of carbonyl (C=O) groups excluding carboxylic acids is 1. The van der Waals surface area contributed by atoms with Gasteiger partial charge in [-0.2, -0.15) is 0 Å². The lowest BCUT2D eigenvalue weighted by molar-refractivity contribution is -0.384. The Bertz CT molecular complexity index is 848. The van der Waals surface area contributed by atoms with Gasteiger partial charge in [0.25, 0.3) is 11.6 Å². The second-order valence-corrected chi connectivity index (χ2v) is 6.61. The van der Waals surface area contributed by atoms with E-state index in [4.69, 9.17) is 4.74 Å². The molecule has 6 nitrogen and oxygen atoms in total. The van der Waals surface area contributed by atoms with Crippen LogP contribution in [0.15, 0.2) is 36.4 Å². The van der Waals surface area contributed by atoms with E-state index < -0.39 is 11.0 Å². The van der Waals surface area contributed by atoms with Crippen molar-refractivity contribution in [1.82, 2.24) is 0 Å². The van der Waals surface area contributed by atoms with Gasteiger partial charge in [0.05, 0.1) is 10.6 Å². The Morgan fingerprint density at radius 2 is 2.00 bits per heavy atom. The van der Waals surface area contributed by atoms with Crippen LogP contribution < -0.4 is 10.1 Å². The lowest BCUT2D eigenvalue weighted by Gasteiger charge is -2.22. The molecule has 0 radical (unpaired) electrons. The van der Waals surface area contributed by atoms with E-state index in [1.54, 1.807) is 19.9 Å². The molecule has 0 heterocycles. The number of non-ortho nitro benzene ring substituents is 1. The summed E-state index contributed by atoms with van der Waals surface area (Å²) in [5.41, 5.74) is 3.60. The Hall–Kier alpha value is -2.89. The minimum Gasteiger partial charge on any atom is -0.481 e. The summed E-state index contributed by atoms with van der Waals surface area (Å²) in [4.78, 5) is 23.0. The van der Waals surface area contributed by atoms with Gasteiger partial charge in [0, 0.05) is 12.1 Å². The fourth-order valence-electron chi connectivity index (χ4n) is 3.19. The fourth-order valence-corrected chi connectivity index (χ4v) is 3.19. The fraction of sp³-hybridized carbons (Fsp3) is 0.350. The lowest BCUT2D eigenvalue weighted by atomic mass is 9.91. The summed E-state index contributed by atoms with van der Waals surface area (Å²) in [6.45, 7) is 3.47. The summed E-state index contributed by atoms with van der Waals surface area (Å²) >= 11 is 0. The first-order valence-electron chi connectivity index (χ1n) is 8.79. The molecule has 3 rings (SSSR count). The zero-order chi connectivity index (χ0) is 18.7. The maximum atomic E-state index is 12.5. The molecule has 0 unspecified atom stereocenters. The third-order valence-corrected chi connectivity index (χ3v) is 4.72. The molecule has 1 aliphatic rings. The number of hydrogen-bond acceptors (Lipinski definition) is 4. The monoisotopic (exact) mass is 354 g/mol. The smallest absolute Gasteiger partial charge is 0.271 e. The number of carbonyl (C=O) groups is 1. The van der Waals surface area contributed by atoms with Crippen molar-refractivity contribution in [2.24, 2.45) is 0 Å². The first-order valence-corrected chi connectivity index (χ1v) is 8.79. The average Bonchev–Trinajstić information content (AvgIpc) is 2.63. The zero-order valence-electron chi connectivity index (χ0n) is 15.0. The molecular formula is C20H22N2O4. The minimum absolute atomic E-state index is 0.0587. The van der Waals surface area contributed by atoms with Gasteiger partial charge in [-0.15, -0.1) is 0 Å². The van der Waals surface area contributed by atoms with E-state index in [0.29, 0.717) is 5.69 Å². The SMILES string of the molecule is Cc1ccc([N+](=O)[O-])cc1NC(=O)[C@H](C)Oc1cccc2c1CCCC2. The maximum Gasteiger partial charge on any atom is 0.271 e. The lowest BCUT2D eigenvalue weighted by Crippen LogP contribution is -2.31. The number of aryl methyl sites for hydroxylation is 2. The molecule has 1 atom stereocenters. The molecule has 6 heteroatoms. The molecule has 2 aromatic rings. The Labute approximate surface area is 152 Å². The van der Waals surface area contributed by atoms with Crippen molar-refractivity contribution in [2.75, 3.05) is 5.32 Å². The third kappa shape index (κ3) is 3.85. The van der Waals surface area contributed by atoms with Gasteiger partial charge < -0.3 is 10.1 Å². The number of nitrogens with one attached hydrogen (secondary N) is 1. The summed E-state index contributed by atoms with van der Waals surface area (Å²) < 4.78 is 5.92. The molecule has 1 aliphatic carbocycles. The Kier molecular flexibility index (Phi) is 5.21. The third-order valence-electron chi connectivity index (χ3n) is 4.72. The molecule has 0 fully saturated rings. The number of ether oxygens (including phenoxy) is 1. The van der Waals surface area contributed by atoms with Crippen LogP contribution in [0.2, 0.25) is 0 Å². The van der Waals surface area contributed by atoms with E-state index in [1.807, 2.05) is 12.1 Å². The largest absolute Gasteiger partial charge is 0.481 e. The number of benzene rings is 2. The number of rotatable bonds is 5. The van der Waals surface area contributed by atoms with Crippen LogP contribution in [0.1, 0.15) is 36.5 Å². The quantitative estimate of drug-likeness (QED) is 0.645. The zero-order valence-corrected chi connectivity index (χ0v) is 15.0. The van der Waals surface area contributed by atoms with Crippen molar-refractivity contribution >= 4 is 17.3 Å². The number of nitro groups is 1. The highest BCUT2D eigenvalue weighted by Crippen LogP contribution is 2.30. The topological polar surface area (TPSA) is 81.5 Å². The van der Waals surface area contributed by atoms with Gasteiger partial charge in [0.1, 0.15) is 5.75 Å². The van der Waals surface area contributed by atoms with Crippen LogP contribution in [-0.4, -0.2) is 16.9 Å². The summed E-state index contributed by atoms with van der Waals surface area (Å²) in [5.74, 6) is 0.419. The first-order chi connectivity index (χ1) is 12.5. The number of amides is 1. The van der Waals surface area contributed by atoms with Crippen LogP contribution in [0.3, 0.4) is 0 Å². The van der Waals surface area contributed by atoms with Gasteiger partial charge >= 0.3 is 0 Å². The van der Waals surface area contributed by atoms with E-state index in [9.17, 15) is 14.9 Å². The van der Waals surface area contributed by atoms with Gasteiger partial charge in [-0.3, -0.25) is 14.9 Å². The molecule has 26 heavy (non-hydrogen) atoms. The van der Waals surface area contributed by atoms with Gasteiger partial charge in [-0.25, -0.2) is 0 Å². The van der Waals surface area contributed by atoms with Crippen molar-refractivity contribution in [2.45, 2.75) is 45.6 Å². The van der Waals surface area contributed by atoms with Gasteiger partial charge in [0.15, 0.2) is 6.10 Å². The highest BCUT2D eigenvalue weighted by atomic mass is 16.6. The number of nitro benzene ring substituents is 1. The Morgan fingerprint density at radius 1 is 1.23 bits per heavy atom. The molecule has 0 spiro atoms. The predicted octanol–water partition coefficient (Wildman–Crippen LogP) is 4.19. The van der Waals surface area contributed by atoms with Crippen LogP contribution in [-0.2, 0) is 17.6 Å². The van der Waals surface area contributed by atoms with Gasteiger partial charge in [0.2, 0.25) is 0 Å². The minimum atomic E-state index is -0.706. The molecule has 1 amide bonds. The standard InChI is InChI=1S/C20H22N2O4/c1-13-10-11-16(22(24)25)12-18(13)21-20(23)14(2)26-19-9-5-7-15-6-3-4-8-17(15)19/h5,7,9-12,14H,3-4,6,8H2,1-2H3,(H,21,23)/t14-/m0/s1. The van der Waals surface area contributed by atoms with Crippen molar-refractivity contribution < 1.29 is 14.5 Å². The second kappa shape index (κ2) is 7.56. The highest BCUT2D eigenvalue weighted by molar-refractivity contribution is 5.95. The number of anilines is 1. The maximum absolute atomic E-state index is 12.5. The van der Waals surface area contributed by atoms with E-state index >= 15 is 0 Å². The summed E-state index contributed by atoms with van der Waals surface area (Å²) in [6.07, 6.45) is 3.60. The summed E-state index contributed by atoms with van der Waals surface area (Å²) in [6, 6.07) is 10.4. The Morgan fingerprint density at radius 3 is 2.77 bits per heavy atom. The van der Waals surface area contributed by atoms with Crippen LogP contribution >= 0.6 is 0 Å². The van der Waals surface area contributed by atoms with E-state index in [0.717, 1.165) is 30.6 Å². The molecular weight excluding hydrogens is 332 g/mol. The summed E-state index contributed by atoms with van der Waals surface area (Å²) in [7, 11) is 0. The van der Waals surface area contributed by atoms with Crippen LogP contribution in [0.4, 0.5) is 11.4 Å². The molecule has 2 aromatic carbocycles. The molecule has 1 N–H and O–H groups in total. The van der Waals surface area contributed by atoms with Crippen LogP contribution in [0, 0.1) is 17.0 Å². The van der Waals surface area contributed by atoms with Crippen molar-refractivity contribution in [3.05, 3.63) is 63.2 Å². The predicted molar refractivity (Wildman–Crippen MR) is 99.6 cm³/mol. The molecule has 0 aliphatic heterocycles. The highest BCUT2D eigenvalue weighted by Gasteiger charge is 2.20. The van der Waals surface area contributed by atoms with Gasteiger partial charge in [-0.05, 0) is 62.3 Å². The Balaban J connectivity index is 1.73. The second-order valence-electron chi connectivity index (χ2n) is 6.61. The molecule has 0 aromatic heterocycles. The van der Waals surface area contributed by atoms with E-state index in [1.165, 1.54) is 29.7 Å². The average molecular weight is 354 g/mol.